The van der Waals surface area contributed by atoms with Crippen LogP contribution >= 0.6 is 0 Å². The fraction of sp³-hybridized carbons (Fsp3) is 0.143. The SMILES string of the molecule is Cc1ccc(-c2ccc(NS(C)(=O)=O)cc2)cc1[N+](=O)[O-]. The molecule has 0 bridgehead atoms. The van der Waals surface area contributed by atoms with Gasteiger partial charge < -0.3 is 0 Å². The van der Waals surface area contributed by atoms with E-state index in [2.05, 4.69) is 4.72 Å². The van der Waals surface area contributed by atoms with Crippen molar-refractivity contribution in [3.05, 3.63) is 58.1 Å². The Morgan fingerprint density at radius 2 is 1.62 bits per heavy atom. The van der Waals surface area contributed by atoms with E-state index in [1.54, 1.807) is 43.3 Å². The van der Waals surface area contributed by atoms with E-state index in [0.717, 1.165) is 11.8 Å². The molecule has 1 N–H and O–H groups in total. The van der Waals surface area contributed by atoms with Crippen molar-refractivity contribution in [3.63, 3.8) is 0 Å². The first kappa shape index (κ1) is 15.0. The second-order valence-corrected chi connectivity index (χ2v) is 6.46. The average Bonchev–Trinajstić information content (AvgIpc) is 2.38. The molecule has 0 radical (unpaired) electrons. The zero-order valence-corrected chi connectivity index (χ0v) is 12.3. The van der Waals surface area contributed by atoms with Crippen LogP contribution in [0.25, 0.3) is 11.1 Å². The molecule has 0 aliphatic carbocycles. The molecule has 21 heavy (non-hydrogen) atoms. The van der Waals surface area contributed by atoms with Crippen LogP contribution in [0.5, 0.6) is 0 Å². The van der Waals surface area contributed by atoms with Crippen LogP contribution in [0.2, 0.25) is 0 Å². The van der Waals surface area contributed by atoms with E-state index in [9.17, 15) is 18.5 Å². The Labute approximate surface area is 122 Å². The molecule has 0 saturated carbocycles. The van der Waals surface area contributed by atoms with E-state index in [1.807, 2.05) is 0 Å². The lowest BCUT2D eigenvalue weighted by atomic mass is 10.0. The highest BCUT2D eigenvalue weighted by molar-refractivity contribution is 7.92. The number of nitrogens with zero attached hydrogens (tertiary/aromatic N) is 1. The van der Waals surface area contributed by atoms with Crippen LogP contribution < -0.4 is 4.72 Å². The summed E-state index contributed by atoms with van der Waals surface area (Å²) < 4.78 is 24.6. The molecule has 2 aromatic rings. The van der Waals surface area contributed by atoms with Gasteiger partial charge in [0.05, 0.1) is 11.2 Å². The lowest BCUT2D eigenvalue weighted by Gasteiger charge is -2.06. The topological polar surface area (TPSA) is 89.3 Å². The van der Waals surface area contributed by atoms with Crippen molar-refractivity contribution in [2.24, 2.45) is 0 Å². The van der Waals surface area contributed by atoms with Crippen LogP contribution in [-0.2, 0) is 10.0 Å². The summed E-state index contributed by atoms with van der Waals surface area (Å²) in [6.45, 7) is 1.68. The van der Waals surface area contributed by atoms with Gasteiger partial charge in [0, 0.05) is 17.3 Å². The predicted octanol–water partition coefficient (Wildman–Crippen LogP) is 2.94. The molecule has 0 heterocycles. The highest BCUT2D eigenvalue weighted by Crippen LogP contribution is 2.27. The van der Waals surface area contributed by atoms with Gasteiger partial charge in [0.15, 0.2) is 0 Å². The maximum absolute atomic E-state index is 11.1. The van der Waals surface area contributed by atoms with Crippen LogP contribution in [0.4, 0.5) is 11.4 Å². The number of rotatable bonds is 4. The van der Waals surface area contributed by atoms with Crippen LogP contribution in [-0.4, -0.2) is 19.6 Å². The number of hydrogen-bond donors (Lipinski definition) is 1. The second kappa shape index (κ2) is 5.53. The van der Waals surface area contributed by atoms with Crippen LogP contribution in [0.3, 0.4) is 0 Å². The maximum atomic E-state index is 11.1. The average molecular weight is 306 g/mol. The molecular formula is C14H14N2O4S. The van der Waals surface area contributed by atoms with Crippen molar-refractivity contribution < 1.29 is 13.3 Å². The quantitative estimate of drug-likeness (QED) is 0.694. The van der Waals surface area contributed by atoms with E-state index < -0.39 is 14.9 Å². The van der Waals surface area contributed by atoms with E-state index in [1.165, 1.54) is 6.07 Å². The van der Waals surface area contributed by atoms with Crippen molar-refractivity contribution in [3.8, 4) is 11.1 Å². The van der Waals surface area contributed by atoms with Gasteiger partial charge in [-0.3, -0.25) is 14.8 Å². The number of sulfonamides is 1. The number of benzene rings is 2. The lowest BCUT2D eigenvalue weighted by Crippen LogP contribution is -2.09. The van der Waals surface area contributed by atoms with Crippen molar-refractivity contribution in [1.29, 1.82) is 0 Å². The summed E-state index contributed by atoms with van der Waals surface area (Å²) in [6, 6.07) is 11.6. The molecule has 0 amide bonds. The molecule has 110 valence electrons. The Kier molecular flexibility index (Phi) is 3.95. The third-order valence-corrected chi connectivity index (χ3v) is 3.53. The molecule has 0 aliphatic rings. The molecule has 0 saturated heterocycles. The predicted molar refractivity (Wildman–Crippen MR) is 81.7 cm³/mol. The number of nitrogens with one attached hydrogen (secondary N) is 1. The van der Waals surface area contributed by atoms with Crippen LogP contribution in [0, 0.1) is 17.0 Å². The first-order chi connectivity index (χ1) is 9.76. The minimum atomic E-state index is -3.32. The van der Waals surface area contributed by atoms with Crippen molar-refractivity contribution in [1.82, 2.24) is 0 Å². The van der Waals surface area contributed by atoms with Gasteiger partial charge in [-0.2, -0.15) is 0 Å². The van der Waals surface area contributed by atoms with E-state index in [4.69, 9.17) is 0 Å². The van der Waals surface area contributed by atoms with E-state index in [-0.39, 0.29) is 5.69 Å². The number of hydrogen-bond acceptors (Lipinski definition) is 4. The number of aryl methyl sites for hydroxylation is 1. The zero-order valence-electron chi connectivity index (χ0n) is 11.5. The largest absolute Gasteiger partial charge is 0.284 e. The van der Waals surface area contributed by atoms with Gasteiger partial charge in [-0.15, -0.1) is 0 Å². The second-order valence-electron chi connectivity index (χ2n) is 4.71. The minimum absolute atomic E-state index is 0.0610. The standard InChI is InChI=1S/C14H14N2O4S/c1-10-3-4-12(9-14(10)16(17)18)11-5-7-13(8-6-11)15-21(2,19)20/h3-9,15H,1-2H3. The first-order valence-electron chi connectivity index (χ1n) is 6.09. The Bertz CT molecular complexity index is 783. The molecule has 2 rings (SSSR count). The van der Waals surface area contributed by atoms with E-state index >= 15 is 0 Å². The molecule has 6 nitrogen and oxygen atoms in total. The summed E-state index contributed by atoms with van der Waals surface area (Å²) in [5.41, 5.74) is 2.59. The Hall–Kier alpha value is -2.41. The Morgan fingerprint density at radius 3 is 2.14 bits per heavy atom. The van der Waals surface area contributed by atoms with Crippen LogP contribution in [0.15, 0.2) is 42.5 Å². The molecule has 0 atom stereocenters. The first-order valence-corrected chi connectivity index (χ1v) is 7.99. The third kappa shape index (κ3) is 3.79. The third-order valence-electron chi connectivity index (χ3n) is 2.93. The fourth-order valence-electron chi connectivity index (χ4n) is 1.93. The van der Waals surface area contributed by atoms with Gasteiger partial charge in [0.25, 0.3) is 5.69 Å². The zero-order chi connectivity index (χ0) is 15.6. The monoisotopic (exact) mass is 306 g/mol. The Morgan fingerprint density at radius 1 is 1.05 bits per heavy atom. The van der Waals surface area contributed by atoms with E-state index in [0.29, 0.717) is 16.8 Å². The van der Waals surface area contributed by atoms with Crippen LogP contribution in [0.1, 0.15) is 5.56 Å². The molecule has 7 heteroatoms. The maximum Gasteiger partial charge on any atom is 0.272 e. The Balaban J connectivity index is 2.35. The van der Waals surface area contributed by atoms with Crippen molar-refractivity contribution >= 4 is 21.4 Å². The van der Waals surface area contributed by atoms with Gasteiger partial charge >= 0.3 is 0 Å². The number of nitro groups is 1. The summed E-state index contributed by atoms with van der Waals surface area (Å²) in [5, 5.41) is 10.9. The molecular weight excluding hydrogens is 292 g/mol. The lowest BCUT2D eigenvalue weighted by molar-refractivity contribution is -0.385. The van der Waals surface area contributed by atoms with Gasteiger partial charge in [0.2, 0.25) is 10.0 Å². The highest BCUT2D eigenvalue weighted by atomic mass is 32.2. The number of nitro benzene ring substituents is 1. The molecule has 0 aromatic heterocycles. The summed E-state index contributed by atoms with van der Waals surface area (Å²) in [5.74, 6) is 0. The molecule has 2 aromatic carbocycles. The smallest absolute Gasteiger partial charge is 0.272 e. The summed E-state index contributed by atoms with van der Waals surface area (Å²) >= 11 is 0. The van der Waals surface area contributed by atoms with Gasteiger partial charge in [-0.1, -0.05) is 24.3 Å². The molecule has 0 aliphatic heterocycles. The van der Waals surface area contributed by atoms with Crippen molar-refractivity contribution in [2.45, 2.75) is 6.92 Å². The summed E-state index contributed by atoms with van der Waals surface area (Å²) in [6.07, 6.45) is 1.07. The van der Waals surface area contributed by atoms with Gasteiger partial charge in [0.1, 0.15) is 0 Å². The minimum Gasteiger partial charge on any atom is -0.284 e. The normalized spacial score (nSPS) is 11.1. The molecule has 0 spiro atoms. The summed E-state index contributed by atoms with van der Waals surface area (Å²) in [7, 11) is -3.32. The van der Waals surface area contributed by atoms with Gasteiger partial charge in [-0.05, 0) is 30.2 Å². The highest BCUT2D eigenvalue weighted by Gasteiger charge is 2.12. The molecule has 0 fully saturated rings. The molecule has 0 unspecified atom stereocenters. The number of anilines is 1. The van der Waals surface area contributed by atoms with Gasteiger partial charge in [-0.25, -0.2) is 8.42 Å². The summed E-state index contributed by atoms with van der Waals surface area (Å²) in [4.78, 5) is 10.5. The van der Waals surface area contributed by atoms with Crippen molar-refractivity contribution in [2.75, 3.05) is 11.0 Å². The fourth-order valence-corrected chi connectivity index (χ4v) is 2.49.